The first kappa shape index (κ1) is 15.9. The van der Waals surface area contributed by atoms with Crippen LogP contribution < -0.4 is 16.0 Å². The highest BCUT2D eigenvalue weighted by atomic mass is 127. The zero-order valence-corrected chi connectivity index (χ0v) is 14.3. The van der Waals surface area contributed by atoms with Crippen LogP contribution in [0.1, 0.15) is 13.8 Å². The summed E-state index contributed by atoms with van der Waals surface area (Å²) >= 11 is 1.93. The van der Waals surface area contributed by atoms with Crippen molar-refractivity contribution in [2.45, 2.75) is 13.8 Å². The molecule has 3 N–H and O–H groups in total. The van der Waals surface area contributed by atoms with Crippen LogP contribution in [0.2, 0.25) is 0 Å². The van der Waals surface area contributed by atoms with Crippen LogP contribution in [0.15, 0.2) is 36.4 Å². The maximum absolute atomic E-state index is 13.6. The molecular formula is C16H19FIN3. The third kappa shape index (κ3) is 3.78. The second-order valence-corrected chi connectivity index (χ2v) is 5.86. The van der Waals surface area contributed by atoms with Crippen molar-refractivity contribution in [3.05, 3.63) is 45.8 Å². The molecule has 0 radical (unpaired) electrons. The van der Waals surface area contributed by atoms with Crippen molar-refractivity contribution in [1.82, 2.24) is 0 Å². The van der Waals surface area contributed by atoms with E-state index in [9.17, 15) is 4.39 Å². The standard InChI is InChI=1S/C16H19FIN3/c1-3-21(4-2)12-7-5-11(6-8-12)20-16-9-13(17)14(18)10-15(16)19/h5-10,20H,3-4,19H2,1-2H3. The van der Waals surface area contributed by atoms with Gasteiger partial charge in [-0.25, -0.2) is 4.39 Å². The van der Waals surface area contributed by atoms with E-state index in [1.807, 2.05) is 34.7 Å². The molecule has 3 nitrogen and oxygen atoms in total. The molecule has 2 aromatic rings. The molecule has 0 atom stereocenters. The third-order valence-corrected chi connectivity index (χ3v) is 4.19. The quantitative estimate of drug-likeness (QED) is 0.570. The zero-order valence-electron chi connectivity index (χ0n) is 12.2. The van der Waals surface area contributed by atoms with Gasteiger partial charge in [-0.2, -0.15) is 0 Å². The van der Waals surface area contributed by atoms with Crippen LogP contribution in [0.25, 0.3) is 0 Å². The molecule has 0 spiro atoms. The molecule has 0 fully saturated rings. The molecule has 112 valence electrons. The second kappa shape index (κ2) is 6.98. The fraction of sp³-hybridized carbons (Fsp3) is 0.250. The Bertz CT molecular complexity index is 610. The van der Waals surface area contributed by atoms with Gasteiger partial charge in [-0.3, -0.25) is 0 Å². The van der Waals surface area contributed by atoms with Crippen molar-refractivity contribution in [3.63, 3.8) is 0 Å². The number of nitrogens with zero attached hydrogens (tertiary/aromatic N) is 1. The van der Waals surface area contributed by atoms with Crippen LogP contribution in [0.5, 0.6) is 0 Å². The highest BCUT2D eigenvalue weighted by Gasteiger charge is 2.07. The van der Waals surface area contributed by atoms with Gasteiger partial charge in [0.25, 0.3) is 0 Å². The van der Waals surface area contributed by atoms with Crippen LogP contribution in [0.4, 0.5) is 27.1 Å². The molecule has 21 heavy (non-hydrogen) atoms. The van der Waals surface area contributed by atoms with E-state index in [0.717, 1.165) is 18.8 Å². The lowest BCUT2D eigenvalue weighted by Crippen LogP contribution is -2.21. The van der Waals surface area contributed by atoms with Crippen LogP contribution in [0.3, 0.4) is 0 Å². The molecule has 2 aromatic carbocycles. The summed E-state index contributed by atoms with van der Waals surface area (Å²) in [4.78, 5) is 2.27. The average molecular weight is 399 g/mol. The molecule has 0 aliphatic heterocycles. The molecule has 0 aliphatic carbocycles. The second-order valence-electron chi connectivity index (χ2n) is 4.70. The lowest BCUT2D eigenvalue weighted by molar-refractivity contribution is 0.621. The number of nitrogens with two attached hydrogens (primary N) is 1. The minimum atomic E-state index is -0.271. The Morgan fingerprint density at radius 3 is 2.33 bits per heavy atom. The lowest BCUT2D eigenvalue weighted by atomic mass is 10.2. The topological polar surface area (TPSA) is 41.3 Å². The molecule has 0 aromatic heterocycles. The summed E-state index contributed by atoms with van der Waals surface area (Å²) in [5, 5.41) is 3.16. The number of benzene rings is 2. The van der Waals surface area contributed by atoms with E-state index < -0.39 is 0 Å². The first-order chi connectivity index (χ1) is 10.0. The minimum absolute atomic E-state index is 0.271. The molecule has 0 aliphatic rings. The van der Waals surface area contributed by atoms with Gasteiger partial charge in [0, 0.05) is 30.5 Å². The Hall–Kier alpha value is -1.50. The smallest absolute Gasteiger partial charge is 0.138 e. The van der Waals surface area contributed by atoms with Gasteiger partial charge in [0.05, 0.1) is 14.9 Å². The molecule has 0 saturated carbocycles. The van der Waals surface area contributed by atoms with E-state index >= 15 is 0 Å². The van der Waals surface area contributed by atoms with Crippen LogP contribution in [-0.4, -0.2) is 13.1 Å². The van der Waals surface area contributed by atoms with E-state index in [-0.39, 0.29) is 5.82 Å². The largest absolute Gasteiger partial charge is 0.397 e. The van der Waals surface area contributed by atoms with E-state index in [2.05, 4.69) is 36.2 Å². The van der Waals surface area contributed by atoms with Gasteiger partial charge in [-0.05, 0) is 66.8 Å². The minimum Gasteiger partial charge on any atom is -0.397 e. The average Bonchev–Trinajstić information content (AvgIpc) is 2.48. The summed E-state index contributed by atoms with van der Waals surface area (Å²) in [6, 6.07) is 11.1. The van der Waals surface area contributed by atoms with Crippen molar-refractivity contribution in [1.29, 1.82) is 0 Å². The van der Waals surface area contributed by atoms with Crippen molar-refractivity contribution >= 4 is 45.3 Å². The summed E-state index contributed by atoms with van der Waals surface area (Å²) in [6.07, 6.45) is 0. The number of nitrogens with one attached hydrogen (secondary N) is 1. The maximum atomic E-state index is 13.6. The first-order valence-corrected chi connectivity index (χ1v) is 7.99. The summed E-state index contributed by atoms with van der Waals surface area (Å²) in [5.74, 6) is -0.271. The van der Waals surface area contributed by atoms with Crippen molar-refractivity contribution in [2.24, 2.45) is 0 Å². The monoisotopic (exact) mass is 399 g/mol. The Balaban J connectivity index is 2.19. The van der Waals surface area contributed by atoms with E-state index in [1.54, 1.807) is 6.07 Å². The van der Waals surface area contributed by atoms with Crippen LogP contribution in [0, 0.1) is 9.39 Å². The number of rotatable bonds is 5. The van der Waals surface area contributed by atoms with Gasteiger partial charge < -0.3 is 16.0 Å². The Morgan fingerprint density at radius 1 is 1.14 bits per heavy atom. The highest BCUT2D eigenvalue weighted by molar-refractivity contribution is 14.1. The molecule has 0 unspecified atom stereocenters. The fourth-order valence-corrected chi connectivity index (χ4v) is 2.66. The molecule has 0 saturated heterocycles. The Kier molecular flexibility index (Phi) is 5.27. The Morgan fingerprint density at radius 2 is 1.76 bits per heavy atom. The van der Waals surface area contributed by atoms with Gasteiger partial charge >= 0.3 is 0 Å². The molecule has 2 rings (SSSR count). The first-order valence-electron chi connectivity index (χ1n) is 6.91. The van der Waals surface area contributed by atoms with E-state index in [1.165, 1.54) is 11.8 Å². The SMILES string of the molecule is CCN(CC)c1ccc(Nc2cc(F)c(I)cc2N)cc1. The summed E-state index contributed by atoms with van der Waals surface area (Å²) in [7, 11) is 0. The van der Waals surface area contributed by atoms with Crippen LogP contribution in [-0.2, 0) is 0 Å². The van der Waals surface area contributed by atoms with Gasteiger partial charge in [-0.15, -0.1) is 0 Å². The maximum Gasteiger partial charge on any atom is 0.138 e. The number of nitrogen functional groups attached to an aromatic ring is 1. The highest BCUT2D eigenvalue weighted by Crippen LogP contribution is 2.28. The molecule has 5 heteroatoms. The summed E-state index contributed by atoms with van der Waals surface area (Å²) in [5.41, 5.74) is 9.10. The third-order valence-electron chi connectivity index (χ3n) is 3.37. The zero-order chi connectivity index (χ0) is 15.4. The van der Waals surface area contributed by atoms with Gasteiger partial charge in [0.2, 0.25) is 0 Å². The van der Waals surface area contributed by atoms with Gasteiger partial charge in [0.15, 0.2) is 0 Å². The van der Waals surface area contributed by atoms with E-state index in [0.29, 0.717) is 14.9 Å². The number of halogens is 2. The van der Waals surface area contributed by atoms with Gasteiger partial charge in [-0.1, -0.05) is 0 Å². The summed E-state index contributed by atoms with van der Waals surface area (Å²) < 4.78 is 14.1. The van der Waals surface area contributed by atoms with Crippen molar-refractivity contribution in [2.75, 3.05) is 29.0 Å². The van der Waals surface area contributed by atoms with Crippen molar-refractivity contribution in [3.8, 4) is 0 Å². The number of hydrogen-bond acceptors (Lipinski definition) is 3. The molecule has 0 amide bonds. The molecule has 0 bridgehead atoms. The van der Waals surface area contributed by atoms with E-state index in [4.69, 9.17) is 5.73 Å². The molecular weight excluding hydrogens is 380 g/mol. The number of hydrogen-bond donors (Lipinski definition) is 2. The Labute approximate surface area is 138 Å². The normalized spacial score (nSPS) is 10.5. The lowest BCUT2D eigenvalue weighted by Gasteiger charge is -2.21. The molecule has 0 heterocycles. The predicted octanol–water partition coefficient (Wildman–Crippen LogP) is 4.60. The number of anilines is 4. The van der Waals surface area contributed by atoms with Crippen LogP contribution >= 0.6 is 22.6 Å². The van der Waals surface area contributed by atoms with Gasteiger partial charge in [0.1, 0.15) is 5.82 Å². The fourth-order valence-electron chi connectivity index (χ4n) is 2.17. The summed E-state index contributed by atoms with van der Waals surface area (Å²) in [6.45, 7) is 6.20. The van der Waals surface area contributed by atoms with Crippen molar-refractivity contribution < 1.29 is 4.39 Å². The predicted molar refractivity (Wildman–Crippen MR) is 96.8 cm³/mol.